The van der Waals surface area contributed by atoms with E-state index >= 15 is 0 Å². The zero-order valence-electron chi connectivity index (χ0n) is 20.3. The second kappa shape index (κ2) is 11.1. The average Bonchev–Trinajstić information content (AvgIpc) is 3.22. The first-order valence-corrected chi connectivity index (χ1v) is 12.0. The highest BCUT2D eigenvalue weighted by Gasteiger charge is 2.22. The maximum atomic E-state index is 12.9. The molecule has 0 bridgehead atoms. The summed E-state index contributed by atoms with van der Waals surface area (Å²) in [5.41, 5.74) is 4.88. The number of carbonyl (C=O) groups excluding carboxylic acids is 1. The lowest BCUT2D eigenvalue weighted by molar-refractivity contribution is -0.121. The van der Waals surface area contributed by atoms with Crippen molar-refractivity contribution in [1.82, 2.24) is 9.88 Å². The number of para-hydroxylation sites is 1. The zero-order valence-corrected chi connectivity index (χ0v) is 20.3. The van der Waals surface area contributed by atoms with Gasteiger partial charge in [-0.15, -0.1) is 0 Å². The molecule has 1 atom stereocenters. The molecule has 176 valence electrons. The second-order valence-electron chi connectivity index (χ2n) is 9.37. The van der Waals surface area contributed by atoms with Gasteiger partial charge in [-0.1, -0.05) is 74.5 Å². The number of methoxy groups -OCH3 is 1. The molecule has 1 amide bonds. The molecule has 0 aliphatic carbocycles. The molecular formula is C30H34N2O2. The Balaban J connectivity index is 1.67. The minimum absolute atomic E-state index is 0.0941. The fourth-order valence-electron chi connectivity index (χ4n) is 4.46. The van der Waals surface area contributed by atoms with Crippen LogP contribution in [0.5, 0.6) is 5.75 Å². The van der Waals surface area contributed by atoms with E-state index in [0.717, 1.165) is 18.7 Å². The third kappa shape index (κ3) is 5.88. The Morgan fingerprint density at radius 1 is 0.912 bits per heavy atom. The number of nitrogens with zero attached hydrogens (tertiary/aromatic N) is 1. The molecule has 1 N–H and O–H groups in total. The number of aromatic nitrogens is 1. The molecule has 0 spiro atoms. The van der Waals surface area contributed by atoms with E-state index in [1.54, 1.807) is 7.11 Å². The van der Waals surface area contributed by atoms with Crippen molar-refractivity contribution in [3.63, 3.8) is 0 Å². The van der Waals surface area contributed by atoms with E-state index in [4.69, 9.17) is 4.74 Å². The lowest BCUT2D eigenvalue weighted by Crippen LogP contribution is -2.29. The molecule has 0 aliphatic rings. The Bertz CT molecular complexity index is 1210. The second-order valence-corrected chi connectivity index (χ2v) is 9.37. The maximum Gasteiger partial charge on any atom is 0.220 e. The van der Waals surface area contributed by atoms with Crippen LogP contribution in [0.3, 0.4) is 0 Å². The first-order chi connectivity index (χ1) is 16.5. The molecule has 4 heteroatoms. The van der Waals surface area contributed by atoms with Gasteiger partial charge in [-0.25, -0.2) is 0 Å². The Morgan fingerprint density at radius 2 is 1.62 bits per heavy atom. The van der Waals surface area contributed by atoms with Crippen LogP contribution in [0.25, 0.3) is 10.9 Å². The smallest absolute Gasteiger partial charge is 0.220 e. The zero-order chi connectivity index (χ0) is 23.9. The predicted octanol–water partition coefficient (Wildman–Crippen LogP) is 6.19. The van der Waals surface area contributed by atoms with Gasteiger partial charge in [0.1, 0.15) is 5.75 Å². The van der Waals surface area contributed by atoms with Crippen LogP contribution >= 0.6 is 0 Å². The van der Waals surface area contributed by atoms with Crippen LogP contribution in [0, 0.1) is 5.92 Å². The molecule has 4 nitrogen and oxygen atoms in total. The van der Waals surface area contributed by atoms with Crippen molar-refractivity contribution in [3.8, 4) is 5.75 Å². The van der Waals surface area contributed by atoms with Crippen LogP contribution in [0.1, 0.15) is 42.9 Å². The van der Waals surface area contributed by atoms with E-state index in [1.807, 2.05) is 18.2 Å². The van der Waals surface area contributed by atoms with E-state index in [1.165, 1.54) is 27.6 Å². The first kappa shape index (κ1) is 23.6. The number of nitrogens with one attached hydrogen (secondary N) is 1. The number of amides is 1. The molecule has 3 aromatic carbocycles. The monoisotopic (exact) mass is 454 g/mol. The van der Waals surface area contributed by atoms with E-state index in [-0.39, 0.29) is 11.8 Å². The van der Waals surface area contributed by atoms with Gasteiger partial charge >= 0.3 is 0 Å². The average molecular weight is 455 g/mol. The Labute approximate surface area is 202 Å². The predicted molar refractivity (Wildman–Crippen MR) is 139 cm³/mol. The SMILES string of the molecule is COc1ccc(Cn2cc([C@@H](CC(=O)NCC(C)C)Cc3ccccc3)c3ccccc32)cc1. The highest BCUT2D eigenvalue weighted by atomic mass is 16.5. The molecule has 1 heterocycles. The van der Waals surface area contributed by atoms with Crippen LogP contribution in [0.2, 0.25) is 0 Å². The molecule has 0 fully saturated rings. The molecule has 1 aromatic heterocycles. The van der Waals surface area contributed by atoms with Gasteiger partial charge in [-0.2, -0.15) is 0 Å². The summed E-state index contributed by atoms with van der Waals surface area (Å²) >= 11 is 0. The quantitative estimate of drug-likeness (QED) is 0.311. The third-order valence-corrected chi connectivity index (χ3v) is 6.24. The van der Waals surface area contributed by atoms with Crippen LogP contribution < -0.4 is 10.1 Å². The molecule has 0 radical (unpaired) electrons. The van der Waals surface area contributed by atoms with Crippen molar-refractivity contribution < 1.29 is 9.53 Å². The molecule has 4 rings (SSSR count). The lowest BCUT2D eigenvalue weighted by atomic mass is 9.88. The third-order valence-electron chi connectivity index (χ3n) is 6.24. The van der Waals surface area contributed by atoms with E-state index in [9.17, 15) is 4.79 Å². The van der Waals surface area contributed by atoms with Crippen LogP contribution in [0.4, 0.5) is 0 Å². The summed E-state index contributed by atoms with van der Waals surface area (Å²) in [4.78, 5) is 12.9. The van der Waals surface area contributed by atoms with Gasteiger partial charge in [0.25, 0.3) is 0 Å². The number of benzene rings is 3. The first-order valence-electron chi connectivity index (χ1n) is 12.0. The Kier molecular flexibility index (Phi) is 7.69. The van der Waals surface area contributed by atoms with E-state index < -0.39 is 0 Å². The summed E-state index contributed by atoms with van der Waals surface area (Å²) in [5, 5.41) is 4.33. The summed E-state index contributed by atoms with van der Waals surface area (Å²) in [6.07, 6.45) is 3.54. The summed E-state index contributed by atoms with van der Waals surface area (Å²) < 4.78 is 7.61. The van der Waals surface area contributed by atoms with Crippen molar-refractivity contribution in [2.75, 3.05) is 13.7 Å². The summed E-state index contributed by atoms with van der Waals surface area (Å²) in [6, 6.07) is 27.2. The number of carbonyl (C=O) groups is 1. The fourth-order valence-corrected chi connectivity index (χ4v) is 4.46. The molecule has 0 saturated heterocycles. The van der Waals surface area contributed by atoms with Crippen LogP contribution in [-0.4, -0.2) is 24.1 Å². The summed E-state index contributed by atoms with van der Waals surface area (Å²) in [6.45, 7) is 5.71. The van der Waals surface area contributed by atoms with E-state index in [2.05, 4.69) is 90.6 Å². The Morgan fingerprint density at radius 3 is 2.32 bits per heavy atom. The highest BCUT2D eigenvalue weighted by molar-refractivity contribution is 5.86. The minimum Gasteiger partial charge on any atom is -0.497 e. The normalized spacial score (nSPS) is 12.1. The summed E-state index contributed by atoms with van der Waals surface area (Å²) in [7, 11) is 1.69. The Hall–Kier alpha value is -3.53. The van der Waals surface area contributed by atoms with Crippen molar-refractivity contribution in [2.45, 2.75) is 39.2 Å². The molecular weight excluding hydrogens is 420 g/mol. The van der Waals surface area contributed by atoms with Crippen molar-refractivity contribution in [1.29, 1.82) is 0 Å². The molecule has 34 heavy (non-hydrogen) atoms. The van der Waals surface area contributed by atoms with Crippen molar-refractivity contribution in [3.05, 3.63) is 102 Å². The van der Waals surface area contributed by atoms with Gasteiger partial charge in [-0.05, 0) is 53.1 Å². The highest BCUT2D eigenvalue weighted by Crippen LogP contribution is 2.33. The summed E-state index contributed by atoms with van der Waals surface area (Å²) in [5.74, 6) is 1.50. The number of hydrogen-bond donors (Lipinski definition) is 1. The molecule has 4 aromatic rings. The van der Waals surface area contributed by atoms with Gasteiger partial charge in [-0.3, -0.25) is 4.79 Å². The maximum absolute atomic E-state index is 12.9. The number of fused-ring (bicyclic) bond motifs is 1. The van der Waals surface area contributed by atoms with Gasteiger partial charge in [0.2, 0.25) is 5.91 Å². The fraction of sp³-hybridized carbons (Fsp3) is 0.300. The molecule has 0 aliphatic heterocycles. The van der Waals surface area contributed by atoms with Crippen LogP contribution in [0.15, 0.2) is 85.1 Å². The van der Waals surface area contributed by atoms with Crippen molar-refractivity contribution >= 4 is 16.8 Å². The van der Waals surface area contributed by atoms with Gasteiger partial charge < -0.3 is 14.6 Å². The lowest BCUT2D eigenvalue weighted by Gasteiger charge is -2.17. The molecule has 0 unspecified atom stereocenters. The van der Waals surface area contributed by atoms with Crippen molar-refractivity contribution in [2.24, 2.45) is 5.92 Å². The number of ether oxygens (including phenoxy) is 1. The van der Waals surface area contributed by atoms with E-state index in [0.29, 0.717) is 18.9 Å². The standard InChI is InChI=1S/C30H34N2O2/c1-22(2)19-31-30(33)18-25(17-23-9-5-4-6-10-23)28-21-32(29-12-8-7-11-27(28)29)20-24-13-15-26(34-3)16-14-24/h4-16,21-22,25H,17-20H2,1-3H3,(H,31,33)/t25-/m1/s1. The topological polar surface area (TPSA) is 43.3 Å². The number of hydrogen-bond acceptors (Lipinski definition) is 2. The van der Waals surface area contributed by atoms with Gasteiger partial charge in [0.05, 0.1) is 7.11 Å². The van der Waals surface area contributed by atoms with Crippen LogP contribution in [-0.2, 0) is 17.8 Å². The molecule has 0 saturated carbocycles. The van der Waals surface area contributed by atoms with Gasteiger partial charge in [0.15, 0.2) is 0 Å². The largest absolute Gasteiger partial charge is 0.497 e. The minimum atomic E-state index is 0.0941. The van der Waals surface area contributed by atoms with Gasteiger partial charge in [0, 0.05) is 36.6 Å². The number of rotatable bonds is 10.